The zero-order chi connectivity index (χ0) is 17.5. The second-order valence-electron chi connectivity index (χ2n) is 6.77. The Balaban J connectivity index is 0.00000243. The lowest BCUT2D eigenvalue weighted by atomic mass is 10.0. The third-order valence-electron chi connectivity index (χ3n) is 4.82. The molecule has 0 bridgehead atoms. The second-order valence-corrected chi connectivity index (χ2v) is 6.77. The van der Waals surface area contributed by atoms with Gasteiger partial charge in [-0.3, -0.25) is 4.98 Å². The van der Waals surface area contributed by atoms with Crippen LogP contribution in [0.25, 0.3) is 10.8 Å². The quantitative estimate of drug-likeness (QED) is 0.620. The molecule has 26 heavy (non-hydrogen) atoms. The molecule has 0 aliphatic carbocycles. The summed E-state index contributed by atoms with van der Waals surface area (Å²) in [6, 6.07) is 19.6. The number of nitrogens with two attached hydrogens (primary N) is 1. The van der Waals surface area contributed by atoms with Gasteiger partial charge in [0.2, 0.25) is 0 Å². The smallest absolute Gasteiger partial charge is 0.0346 e. The molecule has 0 saturated heterocycles. The molecule has 3 aromatic rings. The van der Waals surface area contributed by atoms with Gasteiger partial charge in [0.1, 0.15) is 0 Å². The maximum Gasteiger partial charge on any atom is 0.0346 e. The fourth-order valence-corrected chi connectivity index (χ4v) is 3.11. The van der Waals surface area contributed by atoms with E-state index >= 15 is 0 Å². The minimum Gasteiger partial charge on any atom is -0.326 e. The van der Waals surface area contributed by atoms with Crippen molar-refractivity contribution < 1.29 is 0 Å². The molecule has 3 heteroatoms. The predicted octanol–water partition coefficient (Wildman–Crippen LogP) is 4.70. The van der Waals surface area contributed by atoms with Gasteiger partial charge in [0.25, 0.3) is 0 Å². The first-order valence-electron chi connectivity index (χ1n) is 9.08. The summed E-state index contributed by atoms with van der Waals surface area (Å²) in [7, 11) is 0. The zero-order valence-electron chi connectivity index (χ0n) is 14.9. The van der Waals surface area contributed by atoms with E-state index in [2.05, 4.69) is 71.8 Å². The molecule has 1 aromatic heterocycles. The molecule has 0 amide bonds. The van der Waals surface area contributed by atoms with E-state index in [9.17, 15) is 0 Å². The summed E-state index contributed by atoms with van der Waals surface area (Å²) in [5.74, 6) is 0. The van der Waals surface area contributed by atoms with Gasteiger partial charge < -0.3 is 11.1 Å². The van der Waals surface area contributed by atoms with Gasteiger partial charge in [0.15, 0.2) is 0 Å². The van der Waals surface area contributed by atoms with Crippen molar-refractivity contribution in [2.45, 2.75) is 52.2 Å². The van der Waals surface area contributed by atoms with Crippen molar-refractivity contribution in [1.29, 1.82) is 0 Å². The van der Waals surface area contributed by atoms with Gasteiger partial charge in [-0.15, -0.1) is 0 Å². The molecule has 3 nitrogen and oxygen atoms in total. The Morgan fingerprint density at radius 1 is 1.00 bits per heavy atom. The first kappa shape index (κ1) is 20.1. The number of rotatable bonds is 8. The highest BCUT2D eigenvalue weighted by atomic mass is 14.9. The van der Waals surface area contributed by atoms with Crippen molar-refractivity contribution in [3.8, 4) is 0 Å². The molecule has 3 rings (SSSR count). The highest BCUT2D eigenvalue weighted by molar-refractivity contribution is 5.81. The van der Waals surface area contributed by atoms with Crippen LogP contribution in [0.3, 0.4) is 0 Å². The second kappa shape index (κ2) is 10.0. The van der Waals surface area contributed by atoms with Gasteiger partial charge in [0, 0.05) is 36.4 Å². The molecule has 3 N–H and O–H groups in total. The number of hydrogen-bond acceptors (Lipinski definition) is 3. The maximum atomic E-state index is 6.37. The van der Waals surface area contributed by atoms with E-state index in [-0.39, 0.29) is 13.5 Å². The van der Waals surface area contributed by atoms with Gasteiger partial charge in [0.05, 0.1) is 0 Å². The van der Waals surface area contributed by atoms with Crippen molar-refractivity contribution in [2.75, 3.05) is 0 Å². The Morgan fingerprint density at radius 3 is 2.62 bits per heavy atom. The van der Waals surface area contributed by atoms with Gasteiger partial charge in [-0.2, -0.15) is 0 Å². The number of aryl methyl sites for hydroxylation is 1. The molecule has 0 saturated carbocycles. The first-order valence-corrected chi connectivity index (χ1v) is 9.08. The molecule has 0 spiro atoms. The Labute approximate surface area is 157 Å². The van der Waals surface area contributed by atoms with Crippen LogP contribution in [0.5, 0.6) is 0 Å². The van der Waals surface area contributed by atoms with Gasteiger partial charge in [-0.1, -0.05) is 49.9 Å². The van der Waals surface area contributed by atoms with Crippen LogP contribution in [-0.4, -0.2) is 17.1 Å². The first-order chi connectivity index (χ1) is 12.2. The van der Waals surface area contributed by atoms with Crippen LogP contribution in [0.2, 0.25) is 0 Å². The van der Waals surface area contributed by atoms with E-state index in [1.165, 1.54) is 21.9 Å². The van der Waals surface area contributed by atoms with E-state index in [0.29, 0.717) is 6.04 Å². The summed E-state index contributed by atoms with van der Waals surface area (Å²) < 4.78 is 0. The number of pyridine rings is 1. The van der Waals surface area contributed by atoms with E-state index in [0.717, 1.165) is 25.8 Å². The molecule has 2 atom stereocenters. The number of nitrogens with zero attached hydrogens (tertiary/aromatic N) is 1. The van der Waals surface area contributed by atoms with Crippen LogP contribution in [0.1, 0.15) is 38.3 Å². The molecule has 0 fully saturated rings. The lowest BCUT2D eigenvalue weighted by Crippen LogP contribution is -2.42. The third-order valence-corrected chi connectivity index (χ3v) is 4.82. The van der Waals surface area contributed by atoms with E-state index in [1.807, 2.05) is 12.4 Å². The fourth-order valence-electron chi connectivity index (χ4n) is 3.11. The van der Waals surface area contributed by atoms with E-state index in [4.69, 9.17) is 5.73 Å². The van der Waals surface area contributed by atoms with Crippen LogP contribution in [-0.2, 0) is 13.0 Å². The van der Waals surface area contributed by atoms with Crippen LogP contribution >= 0.6 is 0 Å². The SMILES string of the molecule is C.C[C@@H](NCc1ccc2cnccc2c1)[C@@H](N)CCCc1ccccc1. The summed E-state index contributed by atoms with van der Waals surface area (Å²) in [4.78, 5) is 4.16. The van der Waals surface area contributed by atoms with Crippen molar-refractivity contribution in [1.82, 2.24) is 10.3 Å². The Bertz CT molecular complexity index is 786. The average molecular weight is 350 g/mol. The minimum atomic E-state index is 0. The van der Waals surface area contributed by atoms with Gasteiger partial charge in [-0.25, -0.2) is 0 Å². The van der Waals surface area contributed by atoms with Gasteiger partial charge >= 0.3 is 0 Å². The number of hydrogen-bond donors (Lipinski definition) is 2. The molecule has 0 radical (unpaired) electrons. The Kier molecular flexibility index (Phi) is 7.76. The van der Waals surface area contributed by atoms with Crippen molar-refractivity contribution in [3.63, 3.8) is 0 Å². The normalized spacial score (nSPS) is 13.2. The van der Waals surface area contributed by atoms with E-state index in [1.54, 1.807) is 0 Å². The van der Waals surface area contributed by atoms with Gasteiger partial charge in [-0.05, 0) is 54.8 Å². The number of nitrogens with one attached hydrogen (secondary N) is 1. The molecule has 1 heterocycles. The summed E-state index contributed by atoms with van der Waals surface area (Å²) >= 11 is 0. The van der Waals surface area contributed by atoms with Crippen molar-refractivity contribution >= 4 is 10.8 Å². The van der Waals surface area contributed by atoms with Crippen molar-refractivity contribution in [2.24, 2.45) is 5.73 Å². The lowest BCUT2D eigenvalue weighted by Gasteiger charge is -2.21. The topological polar surface area (TPSA) is 50.9 Å². The van der Waals surface area contributed by atoms with Crippen LogP contribution in [0.4, 0.5) is 0 Å². The van der Waals surface area contributed by atoms with E-state index < -0.39 is 0 Å². The fraction of sp³-hybridized carbons (Fsp3) is 0.348. The molecular weight excluding hydrogens is 318 g/mol. The largest absolute Gasteiger partial charge is 0.326 e. The van der Waals surface area contributed by atoms with Crippen LogP contribution < -0.4 is 11.1 Å². The summed E-state index contributed by atoms with van der Waals surface area (Å²) in [5, 5.41) is 5.98. The minimum absolute atomic E-state index is 0. The van der Waals surface area contributed by atoms with Crippen LogP contribution in [0.15, 0.2) is 67.0 Å². The molecule has 0 unspecified atom stereocenters. The molecule has 138 valence electrons. The third kappa shape index (κ3) is 5.65. The monoisotopic (exact) mass is 349 g/mol. The molecular formula is C23H31N3. The zero-order valence-corrected chi connectivity index (χ0v) is 14.9. The number of fused-ring (bicyclic) bond motifs is 1. The molecule has 0 aliphatic heterocycles. The predicted molar refractivity (Wildman–Crippen MR) is 112 cm³/mol. The molecule has 0 aliphatic rings. The summed E-state index contributed by atoms with van der Waals surface area (Å²) in [5.41, 5.74) is 9.03. The molecule has 2 aromatic carbocycles. The standard InChI is InChI=1S/C22H27N3.CH4/c1-17(22(23)9-5-8-18-6-3-2-4-7-18)25-15-19-10-11-21-16-24-13-12-20(21)14-19;/h2-4,6-7,10-14,16-17,22,25H,5,8-9,15,23H2,1H3;1H4/t17-,22+;/m1./s1. The lowest BCUT2D eigenvalue weighted by molar-refractivity contribution is 0.427. The maximum absolute atomic E-state index is 6.37. The number of benzene rings is 2. The number of aromatic nitrogens is 1. The summed E-state index contributed by atoms with van der Waals surface area (Å²) in [6.45, 7) is 3.02. The Morgan fingerprint density at radius 2 is 1.81 bits per heavy atom. The highest BCUT2D eigenvalue weighted by Crippen LogP contribution is 2.15. The van der Waals surface area contributed by atoms with Crippen molar-refractivity contribution in [3.05, 3.63) is 78.1 Å². The van der Waals surface area contributed by atoms with Crippen LogP contribution in [0, 0.1) is 0 Å². The highest BCUT2D eigenvalue weighted by Gasteiger charge is 2.12. The summed E-state index contributed by atoms with van der Waals surface area (Å²) in [6.07, 6.45) is 7.00. The Hall–Kier alpha value is -2.23. The average Bonchev–Trinajstić information content (AvgIpc) is 2.66.